The van der Waals surface area contributed by atoms with Crippen molar-refractivity contribution in [3.8, 4) is 0 Å². The molecule has 0 fully saturated rings. The average Bonchev–Trinajstić information content (AvgIpc) is 2.91. The van der Waals surface area contributed by atoms with E-state index in [0.717, 1.165) is 6.54 Å². The molecule has 2 nitrogen and oxygen atoms in total. The Kier molecular flexibility index (Phi) is 4.18. The van der Waals surface area contributed by atoms with E-state index in [4.69, 9.17) is 0 Å². The van der Waals surface area contributed by atoms with E-state index in [2.05, 4.69) is 48.4 Å². The molecular weight excluding hydrogens is 264 g/mol. The molecule has 2 atom stereocenters. The first kappa shape index (κ1) is 13.8. The van der Waals surface area contributed by atoms with Gasteiger partial charge in [-0.05, 0) is 50.2 Å². The van der Waals surface area contributed by atoms with Gasteiger partial charge in [0.25, 0.3) is 0 Å². The number of fused-ring (bicyclic) bond motifs is 1. The zero-order chi connectivity index (χ0) is 13.9. The maximum Gasteiger partial charge on any atom is 0.109 e. The number of rotatable bonds is 4. The smallest absolute Gasteiger partial charge is 0.109 e. The van der Waals surface area contributed by atoms with Gasteiger partial charge in [0.15, 0.2) is 0 Å². The molecule has 1 aromatic carbocycles. The van der Waals surface area contributed by atoms with Gasteiger partial charge in [-0.1, -0.05) is 24.3 Å². The molecule has 1 heterocycles. The largest absolute Gasteiger partial charge is 0.308 e. The Morgan fingerprint density at radius 1 is 1.40 bits per heavy atom. The summed E-state index contributed by atoms with van der Waals surface area (Å²) >= 11 is 1.79. The number of aryl methyl sites for hydroxylation is 2. The van der Waals surface area contributed by atoms with Crippen molar-refractivity contribution in [3.05, 3.63) is 51.5 Å². The molecular formula is C17H22N2S. The lowest BCUT2D eigenvalue weighted by Gasteiger charge is -2.26. The van der Waals surface area contributed by atoms with Gasteiger partial charge in [-0.3, -0.25) is 0 Å². The fourth-order valence-corrected chi connectivity index (χ4v) is 3.85. The van der Waals surface area contributed by atoms with Crippen molar-refractivity contribution in [3.63, 3.8) is 0 Å². The van der Waals surface area contributed by atoms with E-state index in [1.54, 1.807) is 22.5 Å². The van der Waals surface area contributed by atoms with Crippen molar-refractivity contribution < 1.29 is 0 Å². The molecule has 3 heteroatoms. The van der Waals surface area contributed by atoms with Crippen LogP contribution in [0.1, 0.15) is 52.7 Å². The van der Waals surface area contributed by atoms with Gasteiger partial charge in [0.2, 0.25) is 0 Å². The molecule has 1 aliphatic carbocycles. The third-order valence-corrected chi connectivity index (χ3v) is 5.27. The van der Waals surface area contributed by atoms with Crippen LogP contribution in [0, 0.1) is 6.92 Å². The molecule has 1 N–H and O–H groups in total. The van der Waals surface area contributed by atoms with Crippen LogP contribution in [0.15, 0.2) is 30.5 Å². The summed E-state index contributed by atoms with van der Waals surface area (Å²) in [6.45, 7) is 5.38. The summed E-state index contributed by atoms with van der Waals surface area (Å²) in [5.74, 6) is 0.656. The molecule has 0 radical (unpaired) electrons. The maximum absolute atomic E-state index is 4.48. The van der Waals surface area contributed by atoms with E-state index in [1.165, 1.54) is 29.1 Å². The molecule has 0 aliphatic heterocycles. The second kappa shape index (κ2) is 6.06. The van der Waals surface area contributed by atoms with E-state index in [9.17, 15) is 0 Å². The molecule has 0 spiro atoms. The summed E-state index contributed by atoms with van der Waals surface area (Å²) in [4.78, 5) is 5.77. The quantitative estimate of drug-likeness (QED) is 0.910. The van der Waals surface area contributed by atoms with Crippen molar-refractivity contribution in [1.82, 2.24) is 10.3 Å². The number of hydrogen-bond acceptors (Lipinski definition) is 3. The normalized spacial score (nSPS) is 19.6. The van der Waals surface area contributed by atoms with Gasteiger partial charge in [0, 0.05) is 17.6 Å². The summed E-state index contributed by atoms with van der Waals surface area (Å²) in [6.07, 6.45) is 5.82. The Morgan fingerprint density at radius 2 is 2.25 bits per heavy atom. The summed E-state index contributed by atoms with van der Waals surface area (Å²) in [6, 6.07) is 9.27. The van der Waals surface area contributed by atoms with Crippen molar-refractivity contribution >= 4 is 11.3 Å². The zero-order valence-corrected chi connectivity index (χ0v) is 13.0. The van der Waals surface area contributed by atoms with Gasteiger partial charge in [-0.2, -0.15) is 0 Å². The molecule has 3 rings (SSSR count). The first-order valence-electron chi connectivity index (χ1n) is 7.47. The van der Waals surface area contributed by atoms with Crippen LogP contribution in [0.3, 0.4) is 0 Å². The average molecular weight is 286 g/mol. The van der Waals surface area contributed by atoms with Crippen molar-refractivity contribution in [2.45, 2.75) is 45.1 Å². The third kappa shape index (κ3) is 2.94. The van der Waals surface area contributed by atoms with Crippen LogP contribution in [0.25, 0.3) is 0 Å². The fraction of sp³-hybridized carbons (Fsp3) is 0.471. The molecule has 1 aromatic heterocycles. The van der Waals surface area contributed by atoms with E-state index < -0.39 is 0 Å². The van der Waals surface area contributed by atoms with Gasteiger partial charge in [0.1, 0.15) is 5.01 Å². The number of benzene rings is 1. The number of nitrogens with one attached hydrogen (secondary N) is 1. The minimum absolute atomic E-state index is 0.350. The molecule has 0 bridgehead atoms. The Hall–Kier alpha value is -1.19. The van der Waals surface area contributed by atoms with Crippen molar-refractivity contribution in [2.24, 2.45) is 0 Å². The second-order valence-corrected chi connectivity index (χ2v) is 6.99. The summed E-state index contributed by atoms with van der Waals surface area (Å²) < 4.78 is 0. The highest BCUT2D eigenvalue weighted by molar-refractivity contribution is 7.11. The Balaban J connectivity index is 1.65. The summed E-state index contributed by atoms with van der Waals surface area (Å²) in [7, 11) is 0. The standard InChI is InChI=1S/C17H22N2S/c1-12-10-19-17(20-12)13(2)18-11-15-8-5-7-14-6-3-4-9-16(14)15/h3-4,6,9-10,13,15,18H,5,7-8,11H2,1-2H3. The Morgan fingerprint density at radius 3 is 3.05 bits per heavy atom. The fourth-order valence-electron chi connectivity index (χ4n) is 3.05. The topological polar surface area (TPSA) is 24.9 Å². The Bertz CT molecular complexity index is 576. The predicted molar refractivity (Wildman–Crippen MR) is 85.4 cm³/mol. The third-order valence-electron chi connectivity index (χ3n) is 4.17. The van der Waals surface area contributed by atoms with E-state index in [1.807, 2.05) is 6.20 Å². The molecule has 0 amide bonds. The van der Waals surface area contributed by atoms with Crippen LogP contribution in [-0.2, 0) is 6.42 Å². The zero-order valence-electron chi connectivity index (χ0n) is 12.2. The van der Waals surface area contributed by atoms with E-state index in [0.29, 0.717) is 12.0 Å². The van der Waals surface area contributed by atoms with Crippen LogP contribution in [0.5, 0.6) is 0 Å². The molecule has 1 aliphatic rings. The monoisotopic (exact) mass is 286 g/mol. The van der Waals surface area contributed by atoms with Gasteiger partial charge in [0.05, 0.1) is 6.04 Å². The number of hydrogen-bond donors (Lipinski definition) is 1. The SMILES string of the molecule is Cc1cnc(C(C)NCC2CCCc3ccccc32)s1. The summed E-state index contributed by atoms with van der Waals surface area (Å²) in [5, 5.41) is 4.87. The number of nitrogens with zero attached hydrogens (tertiary/aromatic N) is 1. The highest BCUT2D eigenvalue weighted by Gasteiger charge is 2.20. The van der Waals surface area contributed by atoms with Crippen LogP contribution in [0.4, 0.5) is 0 Å². The van der Waals surface area contributed by atoms with E-state index >= 15 is 0 Å². The van der Waals surface area contributed by atoms with Crippen LogP contribution in [0.2, 0.25) is 0 Å². The lowest BCUT2D eigenvalue weighted by Crippen LogP contribution is -2.26. The van der Waals surface area contributed by atoms with Crippen LogP contribution >= 0.6 is 11.3 Å². The lowest BCUT2D eigenvalue weighted by atomic mass is 9.83. The highest BCUT2D eigenvalue weighted by Crippen LogP contribution is 2.31. The van der Waals surface area contributed by atoms with Gasteiger partial charge in [-0.15, -0.1) is 11.3 Å². The van der Waals surface area contributed by atoms with Gasteiger partial charge < -0.3 is 5.32 Å². The molecule has 2 unspecified atom stereocenters. The number of thiazole rings is 1. The maximum atomic E-state index is 4.48. The van der Waals surface area contributed by atoms with Crippen LogP contribution < -0.4 is 5.32 Å². The molecule has 20 heavy (non-hydrogen) atoms. The Labute approximate surface area is 125 Å². The molecule has 106 valence electrons. The van der Waals surface area contributed by atoms with Gasteiger partial charge >= 0.3 is 0 Å². The van der Waals surface area contributed by atoms with Crippen molar-refractivity contribution in [1.29, 1.82) is 0 Å². The van der Waals surface area contributed by atoms with Gasteiger partial charge in [-0.25, -0.2) is 4.98 Å². The second-order valence-electron chi connectivity index (χ2n) is 5.73. The first-order chi connectivity index (χ1) is 9.74. The summed E-state index contributed by atoms with van der Waals surface area (Å²) in [5.41, 5.74) is 3.09. The predicted octanol–water partition coefficient (Wildman–Crippen LogP) is 4.22. The number of aromatic nitrogens is 1. The lowest BCUT2D eigenvalue weighted by molar-refractivity contribution is 0.472. The van der Waals surface area contributed by atoms with E-state index in [-0.39, 0.29) is 0 Å². The minimum atomic E-state index is 0.350. The van der Waals surface area contributed by atoms with Crippen molar-refractivity contribution in [2.75, 3.05) is 6.54 Å². The van der Waals surface area contributed by atoms with Crippen LogP contribution in [-0.4, -0.2) is 11.5 Å². The molecule has 0 saturated heterocycles. The minimum Gasteiger partial charge on any atom is -0.308 e. The molecule has 2 aromatic rings. The first-order valence-corrected chi connectivity index (χ1v) is 8.29. The molecule has 0 saturated carbocycles. The highest BCUT2D eigenvalue weighted by atomic mass is 32.1.